The lowest BCUT2D eigenvalue weighted by molar-refractivity contribution is -0.133. The van der Waals surface area contributed by atoms with Gasteiger partial charge in [-0.15, -0.1) is 0 Å². The van der Waals surface area contributed by atoms with Crippen molar-refractivity contribution in [2.75, 3.05) is 0 Å². The fourth-order valence-electron chi connectivity index (χ4n) is 2.79. The van der Waals surface area contributed by atoms with Gasteiger partial charge in [0.2, 0.25) is 5.91 Å². The fourth-order valence-corrected chi connectivity index (χ4v) is 2.79. The van der Waals surface area contributed by atoms with Gasteiger partial charge in [0, 0.05) is 31.4 Å². The molecule has 7 heteroatoms. The number of pyridine rings is 1. The SMILES string of the molecule is C=C(CCC(=O)N1N=CCC1c1ccc(C)cn1)Cn1cc(C#N)cn1. The van der Waals surface area contributed by atoms with Crippen LogP contribution in [0.15, 0.2) is 48.0 Å². The minimum atomic E-state index is -0.138. The summed E-state index contributed by atoms with van der Waals surface area (Å²) >= 11 is 0. The maximum absolute atomic E-state index is 12.6. The summed E-state index contributed by atoms with van der Waals surface area (Å²) in [6.45, 7) is 6.47. The van der Waals surface area contributed by atoms with Gasteiger partial charge < -0.3 is 0 Å². The van der Waals surface area contributed by atoms with Gasteiger partial charge in [-0.2, -0.15) is 15.5 Å². The zero-order valence-corrected chi connectivity index (χ0v) is 14.7. The maximum atomic E-state index is 12.6. The fraction of sp³-hybridized carbons (Fsp3) is 0.316. The minimum Gasteiger partial charge on any atom is -0.273 e. The summed E-state index contributed by atoms with van der Waals surface area (Å²) in [5.74, 6) is -0.0505. The van der Waals surface area contributed by atoms with Crippen molar-refractivity contribution in [3.05, 3.63) is 59.7 Å². The molecule has 0 aliphatic carbocycles. The molecular formula is C19H20N6O. The smallest absolute Gasteiger partial charge is 0.243 e. The van der Waals surface area contributed by atoms with Gasteiger partial charge in [-0.05, 0) is 25.0 Å². The van der Waals surface area contributed by atoms with Gasteiger partial charge in [0.1, 0.15) is 12.1 Å². The molecule has 3 heterocycles. The number of hydrogen-bond donors (Lipinski definition) is 0. The molecule has 0 N–H and O–H groups in total. The highest BCUT2D eigenvalue weighted by Gasteiger charge is 2.28. The summed E-state index contributed by atoms with van der Waals surface area (Å²) in [5.41, 5.74) is 3.31. The van der Waals surface area contributed by atoms with E-state index in [1.807, 2.05) is 25.1 Å². The van der Waals surface area contributed by atoms with E-state index in [0.29, 0.717) is 31.4 Å². The number of carbonyl (C=O) groups is 1. The molecule has 1 atom stereocenters. The van der Waals surface area contributed by atoms with Gasteiger partial charge in [-0.3, -0.25) is 14.5 Å². The van der Waals surface area contributed by atoms with Crippen molar-refractivity contribution in [3.63, 3.8) is 0 Å². The molecule has 0 saturated heterocycles. The third kappa shape index (κ3) is 4.03. The first-order valence-electron chi connectivity index (χ1n) is 8.43. The summed E-state index contributed by atoms with van der Waals surface area (Å²) < 4.78 is 1.65. The van der Waals surface area contributed by atoms with Crippen LogP contribution in [0.2, 0.25) is 0 Å². The Bertz CT molecular complexity index is 874. The molecule has 0 aromatic carbocycles. The van der Waals surface area contributed by atoms with Crippen LogP contribution in [-0.4, -0.2) is 31.9 Å². The van der Waals surface area contributed by atoms with Gasteiger partial charge in [-0.1, -0.05) is 18.2 Å². The van der Waals surface area contributed by atoms with Crippen LogP contribution in [0.1, 0.15) is 42.1 Å². The summed E-state index contributed by atoms with van der Waals surface area (Å²) in [5, 5.41) is 18.7. The topological polar surface area (TPSA) is 87.2 Å². The largest absolute Gasteiger partial charge is 0.273 e. The molecule has 1 aliphatic heterocycles. The van der Waals surface area contributed by atoms with Crippen LogP contribution in [-0.2, 0) is 11.3 Å². The number of carbonyl (C=O) groups excluding carboxylic acids is 1. The molecule has 1 aliphatic rings. The Hall–Kier alpha value is -3.27. The average Bonchev–Trinajstić information content (AvgIpc) is 3.29. The van der Waals surface area contributed by atoms with E-state index in [0.717, 1.165) is 16.8 Å². The number of nitrogens with zero attached hydrogens (tertiary/aromatic N) is 6. The first-order valence-corrected chi connectivity index (χ1v) is 8.43. The van der Waals surface area contributed by atoms with Crippen LogP contribution < -0.4 is 0 Å². The molecule has 0 fully saturated rings. The lowest BCUT2D eigenvalue weighted by Gasteiger charge is -2.21. The van der Waals surface area contributed by atoms with Crippen LogP contribution in [0.4, 0.5) is 0 Å². The van der Waals surface area contributed by atoms with Crippen molar-refractivity contribution < 1.29 is 4.79 Å². The van der Waals surface area contributed by atoms with Gasteiger partial charge >= 0.3 is 0 Å². The Kier molecular flexibility index (Phi) is 5.23. The van der Waals surface area contributed by atoms with E-state index in [1.54, 1.807) is 23.3 Å². The lowest BCUT2D eigenvalue weighted by Crippen LogP contribution is -2.27. The number of aryl methyl sites for hydroxylation is 1. The minimum absolute atomic E-state index is 0.0505. The summed E-state index contributed by atoms with van der Waals surface area (Å²) in [7, 11) is 0. The summed E-state index contributed by atoms with van der Waals surface area (Å²) in [6, 6.07) is 5.83. The highest BCUT2D eigenvalue weighted by Crippen LogP contribution is 2.28. The molecule has 0 bridgehead atoms. The van der Waals surface area contributed by atoms with Gasteiger partial charge in [0.05, 0.1) is 24.0 Å². The quantitative estimate of drug-likeness (QED) is 0.751. The zero-order valence-electron chi connectivity index (χ0n) is 14.7. The second-order valence-corrected chi connectivity index (χ2v) is 6.34. The number of hydrazone groups is 1. The second-order valence-electron chi connectivity index (χ2n) is 6.34. The van der Waals surface area contributed by atoms with E-state index in [9.17, 15) is 4.79 Å². The predicted molar refractivity (Wildman–Crippen MR) is 97.0 cm³/mol. The average molecular weight is 348 g/mol. The van der Waals surface area contributed by atoms with Crippen molar-refractivity contribution in [1.82, 2.24) is 19.8 Å². The van der Waals surface area contributed by atoms with Crippen LogP contribution in [0.5, 0.6) is 0 Å². The number of nitriles is 1. The number of hydrogen-bond acceptors (Lipinski definition) is 5. The molecule has 2 aromatic heterocycles. The van der Waals surface area contributed by atoms with Crippen molar-refractivity contribution in [2.45, 2.75) is 38.8 Å². The van der Waals surface area contributed by atoms with Crippen LogP contribution in [0.3, 0.4) is 0 Å². The number of rotatable bonds is 6. The van der Waals surface area contributed by atoms with Crippen molar-refractivity contribution in [2.24, 2.45) is 5.10 Å². The monoisotopic (exact) mass is 348 g/mol. The number of amides is 1. The number of allylic oxidation sites excluding steroid dienone is 1. The molecule has 1 unspecified atom stereocenters. The molecule has 26 heavy (non-hydrogen) atoms. The summed E-state index contributed by atoms with van der Waals surface area (Å²) in [4.78, 5) is 17.0. The molecule has 0 radical (unpaired) electrons. The summed E-state index contributed by atoms with van der Waals surface area (Å²) in [6.07, 6.45) is 8.27. The normalized spacial score (nSPS) is 15.8. The zero-order chi connectivity index (χ0) is 18.5. The van der Waals surface area contributed by atoms with Crippen LogP contribution >= 0.6 is 0 Å². The van der Waals surface area contributed by atoms with E-state index in [1.165, 1.54) is 11.2 Å². The van der Waals surface area contributed by atoms with Gasteiger partial charge in [-0.25, -0.2) is 5.01 Å². The third-order valence-electron chi connectivity index (χ3n) is 4.20. The van der Waals surface area contributed by atoms with Crippen molar-refractivity contribution >= 4 is 12.1 Å². The van der Waals surface area contributed by atoms with Crippen molar-refractivity contribution in [1.29, 1.82) is 5.26 Å². The van der Waals surface area contributed by atoms with Gasteiger partial charge in [0.15, 0.2) is 0 Å². The third-order valence-corrected chi connectivity index (χ3v) is 4.20. The molecular weight excluding hydrogens is 328 g/mol. The maximum Gasteiger partial charge on any atom is 0.243 e. The first kappa shape index (κ1) is 17.5. The Morgan fingerprint density at radius 3 is 2.92 bits per heavy atom. The highest BCUT2D eigenvalue weighted by atomic mass is 16.2. The molecule has 0 spiro atoms. The predicted octanol–water partition coefficient (Wildman–Crippen LogP) is 2.75. The molecule has 2 aromatic rings. The molecule has 7 nitrogen and oxygen atoms in total. The standard InChI is InChI=1S/C19H20N6O/c1-14-3-5-17(21-10-14)18-7-8-22-25(18)19(26)6-4-15(2)12-24-13-16(9-20)11-23-24/h3,5,8,10-11,13,18H,2,4,6-7,12H2,1H3. The molecule has 132 valence electrons. The Balaban J connectivity index is 1.55. The number of aromatic nitrogens is 3. The Labute approximate surface area is 152 Å². The van der Waals surface area contributed by atoms with E-state index >= 15 is 0 Å². The highest BCUT2D eigenvalue weighted by molar-refractivity contribution is 5.79. The van der Waals surface area contributed by atoms with E-state index in [2.05, 4.69) is 21.8 Å². The molecule has 1 amide bonds. The van der Waals surface area contributed by atoms with Crippen molar-refractivity contribution in [3.8, 4) is 6.07 Å². The Morgan fingerprint density at radius 2 is 2.23 bits per heavy atom. The molecule has 3 rings (SSSR count). The first-order chi connectivity index (χ1) is 12.6. The Morgan fingerprint density at radius 1 is 1.38 bits per heavy atom. The lowest BCUT2D eigenvalue weighted by atomic mass is 10.1. The van der Waals surface area contributed by atoms with Gasteiger partial charge in [0.25, 0.3) is 0 Å². The molecule has 0 saturated carbocycles. The van der Waals surface area contributed by atoms with Crippen LogP contribution in [0, 0.1) is 18.3 Å². The van der Waals surface area contributed by atoms with E-state index in [-0.39, 0.29) is 11.9 Å². The van der Waals surface area contributed by atoms with E-state index < -0.39 is 0 Å². The van der Waals surface area contributed by atoms with E-state index in [4.69, 9.17) is 5.26 Å². The second kappa shape index (κ2) is 7.74. The van der Waals surface area contributed by atoms with Crippen LogP contribution in [0.25, 0.3) is 0 Å².